The summed E-state index contributed by atoms with van der Waals surface area (Å²) in [7, 11) is 0. The second-order valence-electron chi connectivity index (χ2n) is 7.20. The van der Waals surface area contributed by atoms with E-state index in [4.69, 9.17) is 0 Å². The van der Waals surface area contributed by atoms with Crippen molar-refractivity contribution in [2.75, 3.05) is 29.9 Å². The van der Waals surface area contributed by atoms with E-state index in [9.17, 15) is 4.79 Å². The first kappa shape index (κ1) is 18.3. The SMILES string of the molecule is CCc1cccc(NCC(=O)N[C@@H]2CCCN(c3ncnc4[nH]ccc34)C2)c1. The summed E-state index contributed by atoms with van der Waals surface area (Å²) in [6, 6.07) is 10.3. The third-order valence-corrected chi connectivity index (χ3v) is 5.21. The van der Waals surface area contributed by atoms with Crippen molar-refractivity contribution >= 4 is 28.4 Å². The molecular weight excluding hydrogens is 352 g/mol. The molecule has 1 aromatic carbocycles. The maximum Gasteiger partial charge on any atom is 0.239 e. The summed E-state index contributed by atoms with van der Waals surface area (Å²) in [4.78, 5) is 26.5. The molecule has 4 rings (SSSR count). The molecule has 3 N–H and O–H groups in total. The van der Waals surface area contributed by atoms with Crippen LogP contribution in [0.25, 0.3) is 11.0 Å². The molecule has 28 heavy (non-hydrogen) atoms. The number of aromatic amines is 1. The molecular formula is C21H26N6O. The van der Waals surface area contributed by atoms with Gasteiger partial charge in [-0.15, -0.1) is 0 Å². The summed E-state index contributed by atoms with van der Waals surface area (Å²) in [5, 5.41) is 7.41. The van der Waals surface area contributed by atoms with Crippen molar-refractivity contribution in [3.8, 4) is 0 Å². The minimum Gasteiger partial charge on any atom is -0.376 e. The molecule has 1 aliphatic heterocycles. The molecule has 0 aliphatic carbocycles. The Balaban J connectivity index is 1.34. The van der Waals surface area contributed by atoms with Crippen LogP contribution in [0.15, 0.2) is 42.9 Å². The van der Waals surface area contributed by atoms with E-state index in [1.165, 1.54) is 5.56 Å². The van der Waals surface area contributed by atoms with Crippen LogP contribution in [0.3, 0.4) is 0 Å². The Morgan fingerprint density at radius 2 is 2.25 bits per heavy atom. The monoisotopic (exact) mass is 378 g/mol. The molecule has 1 saturated heterocycles. The van der Waals surface area contributed by atoms with Crippen LogP contribution in [0.1, 0.15) is 25.3 Å². The topological polar surface area (TPSA) is 85.9 Å². The fraction of sp³-hybridized carbons (Fsp3) is 0.381. The minimum atomic E-state index is 0.0169. The number of hydrogen-bond acceptors (Lipinski definition) is 5. The minimum absolute atomic E-state index is 0.0169. The normalized spacial score (nSPS) is 16.9. The number of nitrogens with one attached hydrogen (secondary N) is 3. The smallest absolute Gasteiger partial charge is 0.239 e. The third kappa shape index (κ3) is 4.08. The van der Waals surface area contributed by atoms with Crippen LogP contribution in [0, 0.1) is 0 Å². The summed E-state index contributed by atoms with van der Waals surface area (Å²) < 4.78 is 0. The van der Waals surface area contributed by atoms with E-state index in [1.807, 2.05) is 24.4 Å². The van der Waals surface area contributed by atoms with Crippen LogP contribution in [0.4, 0.5) is 11.5 Å². The predicted molar refractivity (Wildman–Crippen MR) is 112 cm³/mol. The maximum atomic E-state index is 12.4. The second-order valence-corrected chi connectivity index (χ2v) is 7.20. The Morgan fingerprint density at radius 3 is 3.14 bits per heavy atom. The van der Waals surface area contributed by atoms with Gasteiger partial charge in [0.2, 0.25) is 5.91 Å². The highest BCUT2D eigenvalue weighted by Crippen LogP contribution is 2.25. The first-order valence-electron chi connectivity index (χ1n) is 9.88. The fourth-order valence-electron chi connectivity index (χ4n) is 3.76. The van der Waals surface area contributed by atoms with E-state index in [1.54, 1.807) is 6.33 Å². The lowest BCUT2D eigenvalue weighted by molar-refractivity contribution is -0.120. The molecule has 1 fully saturated rings. The van der Waals surface area contributed by atoms with E-state index in [-0.39, 0.29) is 18.5 Å². The number of anilines is 2. The van der Waals surface area contributed by atoms with Gasteiger partial charge in [0, 0.05) is 31.0 Å². The fourth-order valence-corrected chi connectivity index (χ4v) is 3.76. The number of aromatic nitrogens is 3. The van der Waals surface area contributed by atoms with E-state index >= 15 is 0 Å². The molecule has 0 bridgehead atoms. The number of rotatable bonds is 6. The zero-order chi connectivity index (χ0) is 19.3. The van der Waals surface area contributed by atoms with Gasteiger partial charge in [-0.2, -0.15) is 0 Å². The van der Waals surface area contributed by atoms with Crippen LogP contribution >= 0.6 is 0 Å². The van der Waals surface area contributed by atoms with Gasteiger partial charge in [0.15, 0.2) is 0 Å². The van der Waals surface area contributed by atoms with Crippen LogP contribution in [0.5, 0.6) is 0 Å². The largest absolute Gasteiger partial charge is 0.376 e. The Kier molecular flexibility index (Phi) is 5.41. The number of amides is 1. The Morgan fingerprint density at radius 1 is 1.32 bits per heavy atom. The number of H-pyrrole nitrogens is 1. The van der Waals surface area contributed by atoms with Crippen molar-refractivity contribution in [1.29, 1.82) is 0 Å². The lowest BCUT2D eigenvalue weighted by Gasteiger charge is -2.34. The summed E-state index contributed by atoms with van der Waals surface area (Å²) in [6.07, 6.45) is 6.45. The number of fused-ring (bicyclic) bond motifs is 1. The molecule has 3 heterocycles. The number of aryl methyl sites for hydroxylation is 1. The molecule has 0 spiro atoms. The number of hydrogen-bond donors (Lipinski definition) is 3. The maximum absolute atomic E-state index is 12.4. The first-order valence-corrected chi connectivity index (χ1v) is 9.88. The highest BCUT2D eigenvalue weighted by atomic mass is 16.2. The van der Waals surface area contributed by atoms with Gasteiger partial charge < -0.3 is 20.5 Å². The summed E-state index contributed by atoms with van der Waals surface area (Å²) in [5.74, 6) is 0.947. The molecule has 0 unspecified atom stereocenters. The number of carbonyl (C=O) groups excluding carboxylic acids is 1. The molecule has 1 aliphatic rings. The van der Waals surface area contributed by atoms with Gasteiger partial charge in [-0.3, -0.25) is 4.79 Å². The molecule has 146 valence electrons. The van der Waals surface area contributed by atoms with Gasteiger partial charge in [-0.05, 0) is 43.0 Å². The Bertz CT molecular complexity index is 953. The standard InChI is InChI=1S/C21H26N6O/c1-2-15-5-3-6-16(11-15)23-12-19(28)26-17-7-4-10-27(13-17)21-18-8-9-22-20(18)24-14-25-21/h3,5-6,8-9,11,14,17,23H,2,4,7,10,12-13H2,1H3,(H,26,28)(H,22,24,25)/t17-/m1/s1. The van der Waals surface area contributed by atoms with Crippen molar-refractivity contribution in [3.63, 3.8) is 0 Å². The van der Waals surface area contributed by atoms with E-state index in [0.29, 0.717) is 0 Å². The Labute approximate surface area is 164 Å². The van der Waals surface area contributed by atoms with Crippen molar-refractivity contribution in [3.05, 3.63) is 48.4 Å². The second kappa shape index (κ2) is 8.29. The van der Waals surface area contributed by atoms with E-state index in [0.717, 1.165) is 54.9 Å². The average Bonchev–Trinajstić information content (AvgIpc) is 3.21. The van der Waals surface area contributed by atoms with Crippen molar-refractivity contribution in [1.82, 2.24) is 20.3 Å². The van der Waals surface area contributed by atoms with E-state index in [2.05, 4.69) is 49.5 Å². The average molecular weight is 378 g/mol. The van der Waals surface area contributed by atoms with Gasteiger partial charge in [-0.25, -0.2) is 9.97 Å². The van der Waals surface area contributed by atoms with E-state index < -0.39 is 0 Å². The highest BCUT2D eigenvalue weighted by molar-refractivity contribution is 5.87. The molecule has 0 saturated carbocycles. The summed E-state index contributed by atoms with van der Waals surface area (Å²) >= 11 is 0. The van der Waals surface area contributed by atoms with Gasteiger partial charge in [0.1, 0.15) is 17.8 Å². The van der Waals surface area contributed by atoms with Gasteiger partial charge in [0.05, 0.1) is 11.9 Å². The molecule has 1 amide bonds. The molecule has 7 heteroatoms. The van der Waals surface area contributed by atoms with Crippen molar-refractivity contribution in [2.24, 2.45) is 0 Å². The first-order chi connectivity index (χ1) is 13.7. The van der Waals surface area contributed by atoms with Crippen molar-refractivity contribution in [2.45, 2.75) is 32.2 Å². The van der Waals surface area contributed by atoms with Crippen LogP contribution in [-0.2, 0) is 11.2 Å². The third-order valence-electron chi connectivity index (χ3n) is 5.21. The lowest BCUT2D eigenvalue weighted by Crippen LogP contribution is -2.49. The predicted octanol–water partition coefficient (Wildman–Crippen LogP) is 2.72. The molecule has 3 aromatic rings. The van der Waals surface area contributed by atoms with Gasteiger partial charge in [-0.1, -0.05) is 19.1 Å². The molecule has 1 atom stereocenters. The summed E-state index contributed by atoms with van der Waals surface area (Å²) in [6.45, 7) is 4.10. The van der Waals surface area contributed by atoms with Gasteiger partial charge >= 0.3 is 0 Å². The quantitative estimate of drug-likeness (QED) is 0.614. The molecule has 0 radical (unpaired) electrons. The molecule has 2 aromatic heterocycles. The van der Waals surface area contributed by atoms with Crippen LogP contribution < -0.4 is 15.5 Å². The van der Waals surface area contributed by atoms with Gasteiger partial charge in [0.25, 0.3) is 0 Å². The molecule has 7 nitrogen and oxygen atoms in total. The van der Waals surface area contributed by atoms with Crippen LogP contribution in [-0.4, -0.2) is 46.5 Å². The van der Waals surface area contributed by atoms with Crippen molar-refractivity contribution < 1.29 is 4.79 Å². The van der Waals surface area contributed by atoms with Crippen LogP contribution in [0.2, 0.25) is 0 Å². The Hall–Kier alpha value is -3.09. The number of benzene rings is 1. The number of nitrogens with zero attached hydrogens (tertiary/aromatic N) is 3. The zero-order valence-corrected chi connectivity index (χ0v) is 16.1. The zero-order valence-electron chi connectivity index (χ0n) is 16.1. The summed E-state index contributed by atoms with van der Waals surface area (Å²) in [5.41, 5.74) is 3.08. The highest BCUT2D eigenvalue weighted by Gasteiger charge is 2.23. The lowest BCUT2D eigenvalue weighted by atomic mass is 10.1. The number of piperidine rings is 1. The number of carbonyl (C=O) groups is 1.